The Morgan fingerprint density at radius 1 is 1.40 bits per heavy atom. The van der Waals surface area contributed by atoms with Gasteiger partial charge in [-0.25, -0.2) is 0 Å². The van der Waals surface area contributed by atoms with Gasteiger partial charge in [0, 0.05) is 22.4 Å². The molecule has 2 heteroatoms. The van der Waals surface area contributed by atoms with Crippen molar-refractivity contribution in [2.75, 3.05) is 0 Å². The number of nitrogens with zero attached hydrogens (tertiary/aromatic N) is 1. The molecule has 1 aromatic heterocycles. The van der Waals surface area contributed by atoms with Crippen molar-refractivity contribution in [3.05, 3.63) is 22.9 Å². The molecule has 0 saturated carbocycles. The molecule has 1 heterocycles. The molecular weight excluding hydrogens is 190 g/mol. The number of hydrogen-bond donors (Lipinski definition) is 0. The van der Waals surface area contributed by atoms with Crippen molar-refractivity contribution in [3.8, 4) is 0 Å². The molecule has 0 spiro atoms. The second kappa shape index (κ2) is 2.42. The third-order valence-electron chi connectivity index (χ3n) is 1.43. The smallest absolute Gasteiger partial charge is 0.0356 e. The molecule has 0 amide bonds. The van der Waals surface area contributed by atoms with Gasteiger partial charge in [-0.15, -0.1) is 0 Å². The SMILES string of the molecule is CC(C)(C)n1ccc(Br)c1. The second-order valence-electron chi connectivity index (χ2n) is 3.41. The van der Waals surface area contributed by atoms with Crippen LogP contribution in [-0.2, 0) is 5.54 Å². The van der Waals surface area contributed by atoms with E-state index >= 15 is 0 Å². The molecule has 0 aliphatic carbocycles. The summed E-state index contributed by atoms with van der Waals surface area (Å²) < 4.78 is 3.32. The Labute approximate surface area is 70.2 Å². The van der Waals surface area contributed by atoms with Gasteiger partial charge in [0.25, 0.3) is 0 Å². The van der Waals surface area contributed by atoms with E-state index in [1.54, 1.807) is 0 Å². The normalized spacial score (nSPS) is 12.0. The fourth-order valence-corrected chi connectivity index (χ4v) is 1.13. The van der Waals surface area contributed by atoms with Crippen LogP contribution >= 0.6 is 15.9 Å². The Bertz CT molecular complexity index is 219. The lowest BCUT2D eigenvalue weighted by Gasteiger charge is -2.20. The highest BCUT2D eigenvalue weighted by Crippen LogP contribution is 2.18. The zero-order valence-electron chi connectivity index (χ0n) is 6.56. The molecule has 0 atom stereocenters. The Hall–Kier alpha value is -0.240. The van der Waals surface area contributed by atoms with Crippen LogP contribution in [0.2, 0.25) is 0 Å². The predicted octanol–water partition coefficient (Wildman–Crippen LogP) is 3.01. The molecule has 1 nitrogen and oxygen atoms in total. The molecule has 0 aromatic carbocycles. The van der Waals surface area contributed by atoms with Crippen LogP contribution in [0.15, 0.2) is 22.9 Å². The van der Waals surface area contributed by atoms with E-state index in [1.807, 2.05) is 6.07 Å². The van der Waals surface area contributed by atoms with Gasteiger partial charge in [0.15, 0.2) is 0 Å². The molecule has 56 valence electrons. The standard InChI is InChI=1S/C8H12BrN/c1-8(2,3)10-5-4-7(9)6-10/h4-6H,1-3H3. The number of halogens is 1. The first kappa shape index (κ1) is 7.86. The number of aromatic nitrogens is 1. The molecule has 1 rings (SSSR count). The van der Waals surface area contributed by atoms with Gasteiger partial charge >= 0.3 is 0 Å². The Balaban J connectivity index is 2.96. The summed E-state index contributed by atoms with van der Waals surface area (Å²) in [6.45, 7) is 6.54. The highest BCUT2D eigenvalue weighted by Gasteiger charge is 2.10. The predicted molar refractivity (Wildman–Crippen MR) is 47.1 cm³/mol. The molecule has 0 bridgehead atoms. The van der Waals surface area contributed by atoms with Gasteiger partial charge < -0.3 is 4.57 Å². The van der Waals surface area contributed by atoms with E-state index in [0.29, 0.717) is 0 Å². The van der Waals surface area contributed by atoms with Crippen molar-refractivity contribution in [2.24, 2.45) is 0 Å². The van der Waals surface area contributed by atoms with Gasteiger partial charge in [-0.3, -0.25) is 0 Å². The van der Waals surface area contributed by atoms with Gasteiger partial charge in [-0.05, 0) is 42.8 Å². The van der Waals surface area contributed by atoms with Gasteiger partial charge in [-0.2, -0.15) is 0 Å². The van der Waals surface area contributed by atoms with Crippen LogP contribution in [0, 0.1) is 0 Å². The fraction of sp³-hybridized carbons (Fsp3) is 0.500. The van der Waals surface area contributed by atoms with Crippen molar-refractivity contribution < 1.29 is 0 Å². The molecule has 1 aromatic rings. The summed E-state index contributed by atoms with van der Waals surface area (Å²) in [6.07, 6.45) is 4.16. The Morgan fingerprint density at radius 2 is 2.00 bits per heavy atom. The van der Waals surface area contributed by atoms with E-state index in [4.69, 9.17) is 0 Å². The molecule has 0 N–H and O–H groups in total. The highest BCUT2D eigenvalue weighted by atomic mass is 79.9. The minimum absolute atomic E-state index is 0.200. The summed E-state index contributed by atoms with van der Waals surface area (Å²) in [5.41, 5.74) is 0.200. The van der Waals surface area contributed by atoms with Crippen molar-refractivity contribution in [3.63, 3.8) is 0 Å². The minimum Gasteiger partial charge on any atom is -0.348 e. The number of hydrogen-bond acceptors (Lipinski definition) is 0. The van der Waals surface area contributed by atoms with Crippen molar-refractivity contribution in [2.45, 2.75) is 26.3 Å². The summed E-state index contributed by atoms with van der Waals surface area (Å²) in [4.78, 5) is 0. The van der Waals surface area contributed by atoms with Crippen LogP contribution in [0.1, 0.15) is 20.8 Å². The van der Waals surface area contributed by atoms with Gasteiger partial charge in [0.1, 0.15) is 0 Å². The van der Waals surface area contributed by atoms with Crippen molar-refractivity contribution in [1.82, 2.24) is 4.57 Å². The number of rotatable bonds is 0. The van der Waals surface area contributed by atoms with Crippen LogP contribution < -0.4 is 0 Å². The van der Waals surface area contributed by atoms with Crippen LogP contribution in [0.4, 0.5) is 0 Å². The molecule has 0 aliphatic rings. The first-order valence-corrected chi connectivity index (χ1v) is 4.13. The molecule has 0 saturated heterocycles. The molecule has 0 aliphatic heterocycles. The lowest BCUT2D eigenvalue weighted by Crippen LogP contribution is -2.19. The average Bonchev–Trinajstić information content (AvgIpc) is 2.11. The van der Waals surface area contributed by atoms with Crippen LogP contribution in [0.3, 0.4) is 0 Å². The monoisotopic (exact) mass is 201 g/mol. The van der Waals surface area contributed by atoms with Crippen LogP contribution in [0.5, 0.6) is 0 Å². The maximum atomic E-state index is 3.40. The maximum Gasteiger partial charge on any atom is 0.0356 e. The lowest BCUT2D eigenvalue weighted by molar-refractivity contribution is 0.398. The summed E-state index contributed by atoms with van der Waals surface area (Å²) in [7, 11) is 0. The van der Waals surface area contributed by atoms with Crippen molar-refractivity contribution in [1.29, 1.82) is 0 Å². The maximum absolute atomic E-state index is 3.40. The van der Waals surface area contributed by atoms with E-state index in [9.17, 15) is 0 Å². The second-order valence-corrected chi connectivity index (χ2v) is 4.32. The van der Waals surface area contributed by atoms with E-state index in [-0.39, 0.29) is 5.54 Å². The quantitative estimate of drug-likeness (QED) is 0.609. The first-order chi connectivity index (χ1) is 4.50. The Kier molecular flexibility index (Phi) is 1.90. The fourth-order valence-electron chi connectivity index (χ4n) is 0.788. The van der Waals surface area contributed by atoms with Crippen LogP contribution in [0.25, 0.3) is 0 Å². The first-order valence-electron chi connectivity index (χ1n) is 3.34. The third kappa shape index (κ3) is 1.63. The molecule has 10 heavy (non-hydrogen) atoms. The molecule has 0 unspecified atom stereocenters. The Morgan fingerprint density at radius 3 is 2.20 bits per heavy atom. The zero-order valence-corrected chi connectivity index (χ0v) is 8.14. The minimum atomic E-state index is 0.200. The third-order valence-corrected chi connectivity index (χ3v) is 1.90. The van der Waals surface area contributed by atoms with E-state index < -0.39 is 0 Å². The summed E-state index contributed by atoms with van der Waals surface area (Å²) in [5, 5.41) is 0. The van der Waals surface area contributed by atoms with Gasteiger partial charge in [0.2, 0.25) is 0 Å². The summed E-state index contributed by atoms with van der Waals surface area (Å²) in [6, 6.07) is 2.05. The van der Waals surface area contributed by atoms with Gasteiger partial charge in [-0.1, -0.05) is 0 Å². The average molecular weight is 202 g/mol. The highest BCUT2D eigenvalue weighted by molar-refractivity contribution is 9.10. The largest absolute Gasteiger partial charge is 0.348 e. The lowest BCUT2D eigenvalue weighted by atomic mass is 10.1. The summed E-state index contributed by atoms with van der Waals surface area (Å²) in [5.74, 6) is 0. The summed E-state index contributed by atoms with van der Waals surface area (Å²) >= 11 is 3.40. The van der Waals surface area contributed by atoms with Crippen molar-refractivity contribution >= 4 is 15.9 Å². The zero-order chi connectivity index (χ0) is 7.78. The van der Waals surface area contributed by atoms with Crippen LogP contribution in [-0.4, -0.2) is 4.57 Å². The molecule has 0 radical (unpaired) electrons. The van der Waals surface area contributed by atoms with E-state index in [1.165, 1.54) is 0 Å². The van der Waals surface area contributed by atoms with E-state index in [2.05, 4.69) is 53.7 Å². The van der Waals surface area contributed by atoms with Gasteiger partial charge in [0.05, 0.1) is 0 Å². The molecular formula is C8H12BrN. The van der Waals surface area contributed by atoms with E-state index in [0.717, 1.165) is 4.47 Å². The molecule has 0 fully saturated rings. The topological polar surface area (TPSA) is 4.93 Å².